The second kappa shape index (κ2) is 6.63. The minimum atomic E-state index is -0.545. The first-order chi connectivity index (χ1) is 12.0. The van der Waals surface area contributed by atoms with Gasteiger partial charge in [0.05, 0.1) is 0 Å². The number of hydrogen-bond donors (Lipinski definition) is 3. The van der Waals surface area contributed by atoms with Crippen LogP contribution >= 0.6 is 0 Å². The van der Waals surface area contributed by atoms with E-state index in [2.05, 4.69) is 20.8 Å². The molecule has 130 valence electrons. The van der Waals surface area contributed by atoms with E-state index in [1.165, 1.54) is 18.5 Å². The van der Waals surface area contributed by atoms with Gasteiger partial charge in [-0.1, -0.05) is 30.3 Å². The van der Waals surface area contributed by atoms with Crippen LogP contribution < -0.4 is 22.1 Å². The summed E-state index contributed by atoms with van der Waals surface area (Å²) in [6.07, 6.45) is 0.656. The van der Waals surface area contributed by atoms with E-state index >= 15 is 0 Å². The molecule has 0 aliphatic carbocycles. The zero-order valence-corrected chi connectivity index (χ0v) is 13.9. The molecule has 0 bridgehead atoms. The Morgan fingerprint density at radius 3 is 2.64 bits per heavy atom. The minimum Gasteiger partial charge on any atom is -0.303 e. The Morgan fingerprint density at radius 1 is 1.24 bits per heavy atom. The molecule has 0 fully saturated rings. The molecule has 0 aliphatic rings. The van der Waals surface area contributed by atoms with Gasteiger partial charge in [-0.2, -0.15) is 4.98 Å². The van der Waals surface area contributed by atoms with Gasteiger partial charge in [0.25, 0.3) is 5.56 Å². The lowest BCUT2D eigenvalue weighted by molar-refractivity contribution is -0.118. The summed E-state index contributed by atoms with van der Waals surface area (Å²) in [4.78, 5) is 41.8. The largest absolute Gasteiger partial charge is 0.329 e. The first kappa shape index (κ1) is 16.5. The molecule has 3 rings (SSSR count). The molecule has 0 spiro atoms. The third kappa shape index (κ3) is 3.30. The summed E-state index contributed by atoms with van der Waals surface area (Å²) in [7, 11) is 1.53. The zero-order chi connectivity index (χ0) is 18.0. The number of hydrazine groups is 1. The number of nitrogens with zero attached hydrogens (tertiary/aromatic N) is 3. The Balaban J connectivity index is 2.07. The van der Waals surface area contributed by atoms with Crippen molar-refractivity contribution in [3.05, 3.63) is 56.7 Å². The zero-order valence-electron chi connectivity index (χ0n) is 13.9. The lowest BCUT2D eigenvalue weighted by Crippen LogP contribution is -2.30. The van der Waals surface area contributed by atoms with Crippen LogP contribution in [-0.2, 0) is 24.8 Å². The number of benzene rings is 1. The topological polar surface area (TPSA) is 114 Å². The highest BCUT2D eigenvalue weighted by molar-refractivity contribution is 5.77. The van der Waals surface area contributed by atoms with Crippen LogP contribution in [0.4, 0.5) is 5.95 Å². The number of imidazole rings is 1. The molecule has 9 heteroatoms. The minimum absolute atomic E-state index is 0.245. The van der Waals surface area contributed by atoms with Crippen LogP contribution in [-0.4, -0.2) is 25.0 Å². The number of aryl methyl sites for hydroxylation is 3. The highest BCUT2D eigenvalue weighted by Crippen LogP contribution is 2.15. The Kier molecular flexibility index (Phi) is 4.38. The third-order valence-electron chi connectivity index (χ3n) is 3.82. The second-order valence-corrected chi connectivity index (χ2v) is 5.62. The smallest absolute Gasteiger partial charge is 0.303 e. The molecule has 0 saturated heterocycles. The first-order valence-corrected chi connectivity index (χ1v) is 7.73. The van der Waals surface area contributed by atoms with Gasteiger partial charge in [0.2, 0.25) is 11.9 Å². The molecule has 0 atom stereocenters. The van der Waals surface area contributed by atoms with Crippen LogP contribution in [0, 0.1) is 0 Å². The number of carbonyl (C=O) groups excluding carboxylic acids is 1. The van der Waals surface area contributed by atoms with Gasteiger partial charge >= 0.3 is 5.69 Å². The Hall–Kier alpha value is -3.36. The maximum Gasteiger partial charge on any atom is 0.329 e. The van der Waals surface area contributed by atoms with Gasteiger partial charge in [-0.25, -0.2) is 4.79 Å². The van der Waals surface area contributed by atoms with Crippen molar-refractivity contribution in [3.8, 4) is 0 Å². The van der Waals surface area contributed by atoms with Crippen molar-refractivity contribution >= 4 is 23.0 Å². The van der Waals surface area contributed by atoms with Crippen LogP contribution in [0.25, 0.3) is 11.2 Å². The van der Waals surface area contributed by atoms with Crippen LogP contribution in [0.1, 0.15) is 12.5 Å². The van der Waals surface area contributed by atoms with Gasteiger partial charge in [-0.15, -0.1) is 0 Å². The van der Waals surface area contributed by atoms with Gasteiger partial charge in [0.1, 0.15) is 0 Å². The van der Waals surface area contributed by atoms with Crippen molar-refractivity contribution in [3.63, 3.8) is 0 Å². The lowest BCUT2D eigenvalue weighted by atomic mass is 10.1. The molecular formula is C16H18N6O3. The number of nitrogens with one attached hydrogen (secondary N) is 3. The van der Waals surface area contributed by atoms with E-state index in [1.54, 1.807) is 4.57 Å². The maximum absolute atomic E-state index is 12.3. The van der Waals surface area contributed by atoms with Gasteiger partial charge < -0.3 is 4.57 Å². The summed E-state index contributed by atoms with van der Waals surface area (Å²) in [6.45, 7) is 1.80. The fraction of sp³-hybridized carbons (Fsp3) is 0.250. The summed E-state index contributed by atoms with van der Waals surface area (Å²) >= 11 is 0. The number of anilines is 1. The molecule has 3 N–H and O–H groups in total. The average Bonchev–Trinajstić information content (AvgIpc) is 2.96. The number of hydrogen-bond acceptors (Lipinski definition) is 5. The van der Waals surface area contributed by atoms with Crippen molar-refractivity contribution in [2.45, 2.75) is 19.9 Å². The van der Waals surface area contributed by atoms with Crippen LogP contribution in [0.3, 0.4) is 0 Å². The molecular weight excluding hydrogens is 324 g/mol. The van der Waals surface area contributed by atoms with Gasteiger partial charge in [-0.05, 0) is 12.0 Å². The highest BCUT2D eigenvalue weighted by Gasteiger charge is 2.17. The molecule has 9 nitrogen and oxygen atoms in total. The van der Waals surface area contributed by atoms with Gasteiger partial charge in [-0.3, -0.25) is 30.0 Å². The summed E-state index contributed by atoms with van der Waals surface area (Å²) in [6, 6.07) is 9.78. The fourth-order valence-corrected chi connectivity index (χ4v) is 2.58. The van der Waals surface area contributed by atoms with Crippen molar-refractivity contribution in [1.82, 2.24) is 24.5 Å². The molecule has 1 amide bonds. The molecule has 0 unspecified atom stereocenters. The Labute approximate surface area is 142 Å². The van der Waals surface area contributed by atoms with E-state index < -0.39 is 11.2 Å². The van der Waals surface area contributed by atoms with Crippen LogP contribution in [0.2, 0.25) is 0 Å². The van der Waals surface area contributed by atoms with Crippen LogP contribution in [0.5, 0.6) is 0 Å². The van der Waals surface area contributed by atoms with E-state index in [9.17, 15) is 14.4 Å². The molecule has 2 heterocycles. The number of aromatic amines is 1. The lowest BCUT2D eigenvalue weighted by Gasteiger charge is -2.10. The number of H-pyrrole nitrogens is 1. The van der Waals surface area contributed by atoms with E-state index in [0.717, 1.165) is 5.56 Å². The van der Waals surface area contributed by atoms with Crippen LogP contribution in [0.15, 0.2) is 39.9 Å². The molecule has 25 heavy (non-hydrogen) atoms. The predicted molar refractivity (Wildman–Crippen MR) is 93.2 cm³/mol. The normalized spacial score (nSPS) is 10.8. The van der Waals surface area contributed by atoms with Crippen molar-refractivity contribution < 1.29 is 4.79 Å². The van der Waals surface area contributed by atoms with Crippen molar-refractivity contribution in [2.75, 3.05) is 5.43 Å². The SMILES string of the molecule is CC(=O)NNc1nc2c(c(=O)[nH]c(=O)n2C)n1CCc1ccccc1. The van der Waals surface area contributed by atoms with E-state index in [-0.39, 0.29) is 23.0 Å². The molecule has 3 aromatic rings. The monoisotopic (exact) mass is 342 g/mol. The van der Waals surface area contributed by atoms with E-state index in [0.29, 0.717) is 13.0 Å². The Bertz CT molecular complexity index is 1030. The second-order valence-electron chi connectivity index (χ2n) is 5.62. The van der Waals surface area contributed by atoms with Crippen molar-refractivity contribution in [1.29, 1.82) is 0 Å². The summed E-state index contributed by atoms with van der Waals surface area (Å²) in [5, 5.41) is 0. The van der Waals surface area contributed by atoms with Crippen molar-refractivity contribution in [2.24, 2.45) is 7.05 Å². The molecule has 0 aliphatic heterocycles. The van der Waals surface area contributed by atoms with Gasteiger partial charge in [0.15, 0.2) is 11.2 Å². The summed E-state index contributed by atoms with van der Waals surface area (Å²) < 4.78 is 2.91. The number of rotatable bonds is 5. The molecule has 2 aromatic heterocycles. The Morgan fingerprint density at radius 2 is 1.96 bits per heavy atom. The molecule has 0 saturated carbocycles. The standard InChI is InChI=1S/C16H18N6O3/c1-10(23)19-20-15-17-13-12(14(24)18-16(25)21(13)2)22(15)9-8-11-6-4-3-5-7-11/h3-7H,8-9H2,1-2H3,(H,17,20)(H,19,23)(H,18,24,25). The summed E-state index contributed by atoms with van der Waals surface area (Å²) in [5.41, 5.74) is 5.68. The fourth-order valence-electron chi connectivity index (χ4n) is 2.58. The average molecular weight is 342 g/mol. The first-order valence-electron chi connectivity index (χ1n) is 7.73. The van der Waals surface area contributed by atoms with Gasteiger partial charge in [0, 0.05) is 20.5 Å². The van der Waals surface area contributed by atoms with E-state index in [1.807, 2.05) is 30.3 Å². The third-order valence-corrected chi connectivity index (χ3v) is 3.82. The number of fused-ring (bicyclic) bond motifs is 1. The number of aromatic nitrogens is 4. The summed E-state index contributed by atoms with van der Waals surface area (Å²) in [5.74, 6) is -0.0164. The quantitative estimate of drug-likeness (QED) is 0.570. The highest BCUT2D eigenvalue weighted by atomic mass is 16.2. The maximum atomic E-state index is 12.3. The predicted octanol–water partition coefficient (Wildman–Crippen LogP) is 0.129. The van der Waals surface area contributed by atoms with E-state index in [4.69, 9.17) is 0 Å². The molecule has 0 radical (unpaired) electrons. The number of carbonyl (C=O) groups is 1. The number of amides is 1. The molecule has 1 aromatic carbocycles.